The van der Waals surface area contributed by atoms with Gasteiger partial charge in [-0.2, -0.15) is 0 Å². The molecule has 0 atom stereocenters. The van der Waals surface area contributed by atoms with Crippen LogP contribution in [0.3, 0.4) is 0 Å². The number of para-hydroxylation sites is 2. The number of halogens is 2. The van der Waals surface area contributed by atoms with Crippen molar-refractivity contribution in [1.29, 1.82) is 0 Å². The van der Waals surface area contributed by atoms with Gasteiger partial charge < -0.3 is 9.84 Å². The van der Waals surface area contributed by atoms with Crippen LogP contribution in [0.2, 0.25) is 0 Å². The number of phenols is 1. The lowest BCUT2D eigenvalue weighted by Crippen LogP contribution is -2.09. The minimum atomic E-state index is -0.610. The van der Waals surface area contributed by atoms with Crippen LogP contribution >= 0.6 is 31.9 Å². The van der Waals surface area contributed by atoms with Gasteiger partial charge in [0.05, 0.1) is 8.95 Å². The second kappa shape index (κ2) is 5.54. The number of benzene rings is 2. The van der Waals surface area contributed by atoms with Gasteiger partial charge in [-0.15, -0.1) is 0 Å². The van der Waals surface area contributed by atoms with Crippen LogP contribution in [0, 0.1) is 0 Å². The van der Waals surface area contributed by atoms with Crippen molar-refractivity contribution in [3.63, 3.8) is 0 Å². The van der Waals surface area contributed by atoms with Crippen molar-refractivity contribution in [2.24, 2.45) is 0 Å². The average Bonchev–Trinajstić information content (AvgIpc) is 2.34. The van der Waals surface area contributed by atoms with Gasteiger partial charge in [0, 0.05) is 0 Å². The molecule has 0 unspecified atom stereocenters. The highest BCUT2D eigenvalue weighted by Crippen LogP contribution is 2.34. The summed E-state index contributed by atoms with van der Waals surface area (Å²) >= 11 is 6.59. The second-order valence-electron chi connectivity index (χ2n) is 3.46. The van der Waals surface area contributed by atoms with Crippen molar-refractivity contribution in [3.05, 3.63) is 57.0 Å². The zero-order chi connectivity index (χ0) is 13.1. The largest absolute Gasteiger partial charge is 0.507 e. The summed E-state index contributed by atoms with van der Waals surface area (Å²) in [6.07, 6.45) is 0. The predicted octanol–water partition coefficient (Wildman–Crippen LogP) is 4.14. The van der Waals surface area contributed by atoms with Gasteiger partial charge in [0.15, 0.2) is 5.75 Å². The molecular weight excluding hydrogens is 364 g/mol. The van der Waals surface area contributed by atoms with Crippen LogP contribution < -0.4 is 4.74 Å². The Labute approximate surface area is 121 Å². The molecule has 0 radical (unpaired) electrons. The molecule has 1 N–H and O–H groups in total. The zero-order valence-electron chi connectivity index (χ0n) is 9.06. The van der Waals surface area contributed by atoms with Crippen molar-refractivity contribution < 1.29 is 14.6 Å². The van der Waals surface area contributed by atoms with E-state index in [1.165, 1.54) is 12.1 Å². The number of esters is 1. The topological polar surface area (TPSA) is 46.5 Å². The Bertz CT molecular complexity index is 576. The molecule has 0 aliphatic rings. The third kappa shape index (κ3) is 2.73. The fourth-order valence-corrected chi connectivity index (χ4v) is 2.53. The first-order chi connectivity index (χ1) is 8.59. The van der Waals surface area contributed by atoms with E-state index in [4.69, 9.17) is 4.74 Å². The highest BCUT2D eigenvalue weighted by Gasteiger charge is 2.16. The first-order valence-corrected chi connectivity index (χ1v) is 6.62. The maximum Gasteiger partial charge on any atom is 0.347 e. The lowest BCUT2D eigenvalue weighted by molar-refractivity contribution is 0.0729. The standard InChI is InChI=1S/C13H8Br2O3/c14-9-5-3-6-10(15)12(9)18-13(17)8-4-1-2-7-11(8)16/h1-7,16H. The molecule has 92 valence electrons. The van der Waals surface area contributed by atoms with Crippen LogP contribution in [0.25, 0.3) is 0 Å². The van der Waals surface area contributed by atoms with Crippen molar-refractivity contribution in [2.45, 2.75) is 0 Å². The van der Waals surface area contributed by atoms with Crippen LogP contribution in [-0.2, 0) is 0 Å². The molecule has 0 aliphatic heterocycles. The highest BCUT2D eigenvalue weighted by molar-refractivity contribution is 9.11. The predicted molar refractivity (Wildman–Crippen MR) is 74.9 cm³/mol. The van der Waals surface area contributed by atoms with E-state index >= 15 is 0 Å². The van der Waals surface area contributed by atoms with Crippen LogP contribution in [0.15, 0.2) is 51.4 Å². The molecule has 0 spiro atoms. The minimum Gasteiger partial charge on any atom is -0.507 e. The van der Waals surface area contributed by atoms with E-state index in [1.54, 1.807) is 24.3 Å². The highest BCUT2D eigenvalue weighted by atomic mass is 79.9. The summed E-state index contributed by atoms with van der Waals surface area (Å²) in [6.45, 7) is 0. The summed E-state index contributed by atoms with van der Waals surface area (Å²) in [5, 5.41) is 9.57. The monoisotopic (exact) mass is 370 g/mol. The number of aromatic hydroxyl groups is 1. The first-order valence-electron chi connectivity index (χ1n) is 5.04. The van der Waals surface area contributed by atoms with Crippen LogP contribution in [0.1, 0.15) is 10.4 Å². The number of rotatable bonds is 2. The Kier molecular flexibility index (Phi) is 4.04. The van der Waals surface area contributed by atoms with Gasteiger partial charge >= 0.3 is 5.97 Å². The molecular formula is C13H8Br2O3. The molecule has 2 rings (SSSR count). The number of hydrogen-bond donors (Lipinski definition) is 1. The summed E-state index contributed by atoms with van der Waals surface area (Å²) < 4.78 is 6.56. The molecule has 0 aromatic heterocycles. The summed E-state index contributed by atoms with van der Waals surface area (Å²) in [7, 11) is 0. The molecule has 5 heteroatoms. The Morgan fingerprint density at radius 1 is 1.00 bits per heavy atom. The summed E-state index contributed by atoms with van der Waals surface area (Å²) in [5.41, 5.74) is 0.125. The molecule has 0 saturated carbocycles. The van der Waals surface area contributed by atoms with E-state index in [2.05, 4.69) is 31.9 Å². The zero-order valence-corrected chi connectivity index (χ0v) is 12.2. The number of hydrogen-bond acceptors (Lipinski definition) is 3. The normalized spacial score (nSPS) is 10.1. The quantitative estimate of drug-likeness (QED) is 0.637. The van der Waals surface area contributed by atoms with Crippen LogP contribution in [-0.4, -0.2) is 11.1 Å². The van der Waals surface area contributed by atoms with Crippen molar-refractivity contribution in [1.82, 2.24) is 0 Å². The van der Waals surface area contributed by atoms with Gasteiger partial charge in [0.2, 0.25) is 0 Å². The Hall–Kier alpha value is -1.33. The van der Waals surface area contributed by atoms with E-state index in [-0.39, 0.29) is 11.3 Å². The third-order valence-corrected chi connectivity index (χ3v) is 3.49. The number of phenolic OH excluding ortho intramolecular Hbond substituents is 1. The van der Waals surface area contributed by atoms with Crippen LogP contribution in [0.4, 0.5) is 0 Å². The fraction of sp³-hybridized carbons (Fsp3) is 0. The lowest BCUT2D eigenvalue weighted by atomic mass is 10.2. The van der Waals surface area contributed by atoms with E-state index in [0.29, 0.717) is 14.7 Å². The number of carbonyl (C=O) groups excluding carboxylic acids is 1. The van der Waals surface area contributed by atoms with Gasteiger partial charge in [-0.05, 0) is 56.1 Å². The second-order valence-corrected chi connectivity index (χ2v) is 5.17. The van der Waals surface area contributed by atoms with Crippen molar-refractivity contribution in [2.75, 3.05) is 0 Å². The van der Waals surface area contributed by atoms with Gasteiger partial charge in [-0.1, -0.05) is 18.2 Å². The molecule has 18 heavy (non-hydrogen) atoms. The average molecular weight is 372 g/mol. The van der Waals surface area contributed by atoms with Gasteiger partial charge in [-0.3, -0.25) is 0 Å². The maximum absolute atomic E-state index is 11.9. The van der Waals surface area contributed by atoms with Crippen molar-refractivity contribution in [3.8, 4) is 11.5 Å². The molecule has 0 amide bonds. The van der Waals surface area contributed by atoms with Gasteiger partial charge in [-0.25, -0.2) is 4.79 Å². The maximum atomic E-state index is 11.9. The molecule has 0 bridgehead atoms. The summed E-state index contributed by atoms with van der Waals surface area (Å²) in [4.78, 5) is 11.9. The first kappa shape index (κ1) is 13.1. The summed E-state index contributed by atoms with van der Waals surface area (Å²) in [5.74, 6) is -0.336. The molecule has 0 heterocycles. The third-order valence-electron chi connectivity index (χ3n) is 2.24. The summed E-state index contributed by atoms with van der Waals surface area (Å²) in [6, 6.07) is 11.6. The van der Waals surface area contributed by atoms with Crippen LogP contribution in [0.5, 0.6) is 11.5 Å². The molecule has 0 aliphatic carbocycles. The van der Waals surface area contributed by atoms with E-state index < -0.39 is 5.97 Å². The number of carbonyl (C=O) groups is 1. The van der Waals surface area contributed by atoms with E-state index in [1.807, 2.05) is 6.07 Å². The SMILES string of the molecule is O=C(Oc1c(Br)cccc1Br)c1ccccc1O. The fourth-order valence-electron chi connectivity index (χ4n) is 1.37. The van der Waals surface area contributed by atoms with E-state index in [0.717, 1.165) is 0 Å². The molecule has 3 nitrogen and oxygen atoms in total. The van der Waals surface area contributed by atoms with Gasteiger partial charge in [0.1, 0.15) is 11.3 Å². The number of ether oxygens (including phenoxy) is 1. The van der Waals surface area contributed by atoms with Gasteiger partial charge in [0.25, 0.3) is 0 Å². The molecule has 0 saturated heterocycles. The van der Waals surface area contributed by atoms with Crippen molar-refractivity contribution >= 4 is 37.8 Å². The molecule has 2 aromatic carbocycles. The van der Waals surface area contributed by atoms with E-state index in [9.17, 15) is 9.90 Å². The smallest absolute Gasteiger partial charge is 0.347 e. The Balaban J connectivity index is 2.30. The molecule has 2 aromatic rings. The molecule has 0 fully saturated rings. The Morgan fingerprint density at radius 3 is 2.22 bits per heavy atom. The minimum absolute atomic E-state index is 0.106. The lowest BCUT2D eigenvalue weighted by Gasteiger charge is -2.09. The Morgan fingerprint density at radius 2 is 1.61 bits per heavy atom.